The van der Waals surface area contributed by atoms with E-state index >= 15 is 0 Å². The minimum absolute atomic E-state index is 0.174. The van der Waals surface area contributed by atoms with Crippen LogP contribution in [0, 0.1) is 5.41 Å². The number of ether oxygens (including phenoxy) is 1. The first-order chi connectivity index (χ1) is 13.1. The molecule has 1 aromatic carbocycles. The minimum atomic E-state index is -3.81. The molecule has 1 aromatic rings. The predicted octanol–water partition coefficient (Wildman–Crippen LogP) is 2.49. The number of carbonyl (C=O) groups excluding carboxylic acids is 1. The Morgan fingerprint density at radius 3 is 2.68 bits per heavy atom. The fourth-order valence-electron chi connectivity index (χ4n) is 4.24. The van der Waals surface area contributed by atoms with Gasteiger partial charge in [0.05, 0.1) is 24.8 Å². The van der Waals surface area contributed by atoms with Crippen LogP contribution in [0.5, 0.6) is 5.75 Å². The van der Waals surface area contributed by atoms with E-state index in [1.165, 1.54) is 6.92 Å². The molecule has 6 nitrogen and oxygen atoms in total. The molecule has 0 saturated carbocycles. The van der Waals surface area contributed by atoms with E-state index in [4.69, 9.17) is 4.74 Å². The van der Waals surface area contributed by atoms with E-state index in [-0.39, 0.29) is 25.3 Å². The maximum absolute atomic E-state index is 14.5. The molecule has 28 heavy (non-hydrogen) atoms. The number of methoxy groups -OCH3 is 1. The van der Waals surface area contributed by atoms with Gasteiger partial charge in [-0.2, -0.15) is 4.31 Å². The van der Waals surface area contributed by atoms with Crippen LogP contribution >= 0.6 is 0 Å². The maximum atomic E-state index is 14.5. The van der Waals surface area contributed by atoms with Crippen molar-refractivity contribution < 1.29 is 26.7 Å². The van der Waals surface area contributed by atoms with Gasteiger partial charge in [-0.1, -0.05) is 12.1 Å². The Bertz CT molecular complexity index is 846. The number of amides is 1. The number of likely N-dealkylation sites (tertiary alicyclic amines) is 1. The van der Waals surface area contributed by atoms with Gasteiger partial charge in [-0.25, -0.2) is 17.2 Å². The third-order valence-electron chi connectivity index (χ3n) is 5.57. The molecule has 1 amide bonds. The van der Waals surface area contributed by atoms with Crippen molar-refractivity contribution in [2.45, 2.75) is 38.7 Å². The standard InChI is InChI=1S/C19H26F2N2O4S/c1-3-28(25,26)23-13-18(12-19(20,21)14-23)8-5-9-22(17(18)24)11-15-6-4-7-16(10-15)27-2/h4,6-7,10H,3,5,8-9,11-14H2,1-2H3/t18-/m0/s1. The molecule has 0 N–H and O–H groups in total. The first-order valence-corrected chi connectivity index (χ1v) is 11.0. The second-order valence-corrected chi connectivity index (χ2v) is 9.92. The quantitative estimate of drug-likeness (QED) is 0.740. The highest BCUT2D eigenvalue weighted by Crippen LogP contribution is 2.46. The molecule has 0 radical (unpaired) electrons. The van der Waals surface area contributed by atoms with E-state index in [1.807, 2.05) is 12.1 Å². The fraction of sp³-hybridized carbons (Fsp3) is 0.632. The zero-order valence-corrected chi connectivity index (χ0v) is 17.0. The molecule has 2 heterocycles. The van der Waals surface area contributed by atoms with Crippen molar-refractivity contribution in [2.75, 3.05) is 32.5 Å². The molecule has 2 fully saturated rings. The molecule has 0 aliphatic carbocycles. The number of hydrogen-bond donors (Lipinski definition) is 0. The molecule has 2 aliphatic rings. The Labute approximate surface area is 164 Å². The fourth-order valence-corrected chi connectivity index (χ4v) is 5.44. The minimum Gasteiger partial charge on any atom is -0.497 e. The lowest BCUT2D eigenvalue weighted by Crippen LogP contribution is -2.61. The highest BCUT2D eigenvalue weighted by Gasteiger charge is 2.56. The largest absolute Gasteiger partial charge is 0.497 e. The van der Waals surface area contributed by atoms with Crippen LogP contribution in [-0.2, 0) is 21.4 Å². The van der Waals surface area contributed by atoms with E-state index in [9.17, 15) is 22.0 Å². The van der Waals surface area contributed by atoms with Crippen LogP contribution in [0.3, 0.4) is 0 Å². The SMILES string of the molecule is CCS(=O)(=O)N1CC(F)(F)C[C@@]2(CCCN(Cc3cccc(OC)c3)C2=O)C1. The van der Waals surface area contributed by atoms with Crippen LogP contribution in [0.25, 0.3) is 0 Å². The lowest BCUT2D eigenvalue weighted by atomic mass is 9.72. The Balaban J connectivity index is 1.87. The third-order valence-corrected chi connectivity index (χ3v) is 7.35. The summed E-state index contributed by atoms with van der Waals surface area (Å²) in [7, 11) is -2.26. The number of carbonyl (C=O) groups is 1. The van der Waals surface area contributed by atoms with Crippen LogP contribution in [0.2, 0.25) is 0 Å². The van der Waals surface area contributed by atoms with E-state index in [2.05, 4.69) is 0 Å². The molecule has 3 rings (SSSR count). The van der Waals surface area contributed by atoms with Crippen molar-refractivity contribution in [1.82, 2.24) is 9.21 Å². The normalized spacial score (nSPS) is 25.9. The van der Waals surface area contributed by atoms with E-state index in [0.717, 1.165) is 9.87 Å². The summed E-state index contributed by atoms with van der Waals surface area (Å²) in [6.07, 6.45) is 0.223. The van der Waals surface area contributed by atoms with Crippen molar-refractivity contribution in [3.63, 3.8) is 0 Å². The second kappa shape index (κ2) is 7.59. The number of sulfonamides is 1. The molecule has 2 saturated heterocycles. The topological polar surface area (TPSA) is 66.9 Å². The number of halogens is 2. The van der Waals surface area contributed by atoms with Gasteiger partial charge in [0.25, 0.3) is 5.92 Å². The number of piperidine rings is 2. The van der Waals surface area contributed by atoms with Gasteiger partial charge >= 0.3 is 0 Å². The summed E-state index contributed by atoms with van der Waals surface area (Å²) in [5.41, 5.74) is -0.536. The molecule has 1 spiro atoms. The zero-order chi connectivity index (χ0) is 20.6. The van der Waals surface area contributed by atoms with Crippen LogP contribution in [0.15, 0.2) is 24.3 Å². The summed E-state index contributed by atoms with van der Waals surface area (Å²) in [5.74, 6) is -3.23. The molecule has 156 valence electrons. The molecule has 1 atom stereocenters. The van der Waals surface area contributed by atoms with Crippen LogP contribution in [0.4, 0.5) is 8.78 Å². The van der Waals surface area contributed by atoms with Gasteiger partial charge in [-0.3, -0.25) is 4.79 Å². The number of nitrogens with zero attached hydrogens (tertiary/aromatic N) is 2. The van der Waals surface area contributed by atoms with Gasteiger partial charge in [0.1, 0.15) is 5.75 Å². The zero-order valence-electron chi connectivity index (χ0n) is 16.2. The molecular formula is C19H26F2N2O4S. The first-order valence-electron chi connectivity index (χ1n) is 9.39. The number of alkyl halides is 2. The van der Waals surface area contributed by atoms with E-state index in [1.54, 1.807) is 24.1 Å². The van der Waals surface area contributed by atoms with E-state index in [0.29, 0.717) is 18.7 Å². The van der Waals surface area contributed by atoms with Crippen molar-refractivity contribution in [2.24, 2.45) is 5.41 Å². The predicted molar refractivity (Wildman–Crippen MR) is 101 cm³/mol. The van der Waals surface area contributed by atoms with Gasteiger partial charge in [0.15, 0.2) is 0 Å². The summed E-state index contributed by atoms with van der Waals surface area (Å²) in [6, 6.07) is 7.25. The van der Waals surface area contributed by atoms with Crippen LogP contribution in [-0.4, -0.2) is 61.9 Å². The Morgan fingerprint density at radius 2 is 2.00 bits per heavy atom. The lowest BCUT2D eigenvalue weighted by Gasteiger charge is -2.48. The molecule has 0 bridgehead atoms. The van der Waals surface area contributed by atoms with Gasteiger partial charge in [0, 0.05) is 26.1 Å². The average molecular weight is 416 g/mol. The molecular weight excluding hydrogens is 390 g/mol. The smallest absolute Gasteiger partial charge is 0.262 e. The summed E-state index contributed by atoms with van der Waals surface area (Å²) in [5, 5.41) is 0. The third kappa shape index (κ3) is 4.15. The van der Waals surface area contributed by atoms with Crippen molar-refractivity contribution in [3.05, 3.63) is 29.8 Å². The summed E-state index contributed by atoms with van der Waals surface area (Å²) < 4.78 is 59.5. The highest BCUT2D eigenvalue weighted by molar-refractivity contribution is 7.89. The molecule has 0 aromatic heterocycles. The second-order valence-electron chi connectivity index (χ2n) is 7.66. The first kappa shape index (κ1) is 21.0. The maximum Gasteiger partial charge on any atom is 0.262 e. The Hall–Kier alpha value is -1.74. The lowest BCUT2D eigenvalue weighted by molar-refractivity contribution is -0.164. The van der Waals surface area contributed by atoms with Crippen molar-refractivity contribution in [1.29, 1.82) is 0 Å². The highest BCUT2D eigenvalue weighted by atomic mass is 32.2. The van der Waals surface area contributed by atoms with Crippen LogP contribution < -0.4 is 4.74 Å². The molecule has 2 aliphatic heterocycles. The summed E-state index contributed by atoms with van der Waals surface area (Å²) >= 11 is 0. The van der Waals surface area contributed by atoms with Gasteiger partial charge < -0.3 is 9.64 Å². The van der Waals surface area contributed by atoms with E-state index < -0.39 is 40.2 Å². The number of benzene rings is 1. The average Bonchev–Trinajstić information content (AvgIpc) is 2.64. The molecule has 0 unspecified atom stereocenters. The summed E-state index contributed by atoms with van der Waals surface area (Å²) in [6.45, 7) is 1.14. The Kier molecular flexibility index (Phi) is 5.69. The van der Waals surface area contributed by atoms with Gasteiger partial charge in [0.2, 0.25) is 15.9 Å². The monoisotopic (exact) mass is 416 g/mol. The Morgan fingerprint density at radius 1 is 1.25 bits per heavy atom. The molecule has 9 heteroatoms. The van der Waals surface area contributed by atoms with Crippen LogP contribution in [0.1, 0.15) is 31.7 Å². The van der Waals surface area contributed by atoms with Gasteiger partial charge in [-0.05, 0) is 37.5 Å². The summed E-state index contributed by atoms with van der Waals surface area (Å²) in [4.78, 5) is 14.8. The number of hydrogen-bond acceptors (Lipinski definition) is 4. The number of rotatable bonds is 5. The van der Waals surface area contributed by atoms with Crippen molar-refractivity contribution >= 4 is 15.9 Å². The van der Waals surface area contributed by atoms with Gasteiger partial charge in [-0.15, -0.1) is 0 Å². The van der Waals surface area contributed by atoms with Crippen molar-refractivity contribution in [3.8, 4) is 5.75 Å².